The summed E-state index contributed by atoms with van der Waals surface area (Å²) < 4.78 is 4.98. The Morgan fingerprint density at radius 1 is 1.21 bits per heavy atom. The van der Waals surface area contributed by atoms with E-state index < -0.39 is 5.97 Å². The fourth-order valence-corrected chi connectivity index (χ4v) is 3.12. The quantitative estimate of drug-likeness (QED) is 0.576. The number of nitrogens with zero attached hydrogens (tertiary/aromatic N) is 1. The topological polar surface area (TPSA) is 63.7 Å². The molecule has 1 saturated heterocycles. The largest absolute Gasteiger partial charge is 0.462 e. The van der Waals surface area contributed by atoms with E-state index in [2.05, 4.69) is 0 Å². The van der Waals surface area contributed by atoms with Gasteiger partial charge in [0.15, 0.2) is 0 Å². The molecule has 2 fully saturated rings. The number of esters is 1. The number of piperidine rings is 1. The van der Waals surface area contributed by atoms with Crippen molar-refractivity contribution in [3.8, 4) is 0 Å². The lowest BCUT2D eigenvalue weighted by molar-refractivity contribution is -0.162. The van der Waals surface area contributed by atoms with Gasteiger partial charge in [0.25, 0.3) is 0 Å². The van der Waals surface area contributed by atoms with Gasteiger partial charge in [-0.05, 0) is 32.1 Å². The predicted octanol–water partition coefficient (Wildman–Crippen LogP) is 1.65. The number of imide groups is 1. The summed E-state index contributed by atoms with van der Waals surface area (Å²) in [4.78, 5) is 36.8. The third-order valence-corrected chi connectivity index (χ3v) is 3.97. The van der Waals surface area contributed by atoms with Crippen molar-refractivity contribution in [1.29, 1.82) is 0 Å². The molecule has 2 amide bonds. The average Bonchev–Trinajstić information content (AvgIpc) is 2.71. The standard InChI is InChI=1S/C14H21NO4/c1-10(2)19-13(18)9-15-11(16)7-14(8-12(15)17)5-3-4-6-14/h10H,3-9H2,1-2H3. The molecule has 2 rings (SSSR count). The molecule has 0 unspecified atom stereocenters. The van der Waals surface area contributed by atoms with Crippen molar-refractivity contribution in [2.45, 2.75) is 58.5 Å². The van der Waals surface area contributed by atoms with Crippen LogP contribution >= 0.6 is 0 Å². The van der Waals surface area contributed by atoms with Crippen molar-refractivity contribution < 1.29 is 19.1 Å². The number of hydrogen-bond acceptors (Lipinski definition) is 4. The smallest absolute Gasteiger partial charge is 0.326 e. The van der Waals surface area contributed by atoms with Crippen LogP contribution in [0.15, 0.2) is 0 Å². The summed E-state index contributed by atoms with van der Waals surface area (Å²) in [7, 11) is 0. The van der Waals surface area contributed by atoms with Gasteiger partial charge in [0.2, 0.25) is 11.8 Å². The minimum absolute atomic E-state index is 0.118. The molecule has 0 N–H and O–H groups in total. The zero-order chi connectivity index (χ0) is 14.0. The Morgan fingerprint density at radius 2 is 1.74 bits per heavy atom. The van der Waals surface area contributed by atoms with E-state index in [1.807, 2.05) is 0 Å². The normalized spacial score (nSPS) is 22.4. The zero-order valence-corrected chi connectivity index (χ0v) is 11.6. The van der Waals surface area contributed by atoms with Crippen molar-refractivity contribution in [2.24, 2.45) is 5.41 Å². The lowest BCUT2D eigenvalue weighted by Gasteiger charge is -2.36. The Balaban J connectivity index is 1.98. The van der Waals surface area contributed by atoms with Gasteiger partial charge in [-0.25, -0.2) is 0 Å². The highest BCUT2D eigenvalue weighted by Crippen LogP contribution is 2.46. The average molecular weight is 267 g/mol. The Labute approximate surface area is 113 Å². The second-order valence-electron chi connectivity index (χ2n) is 5.97. The highest BCUT2D eigenvalue weighted by molar-refractivity contribution is 6.01. The molecule has 0 aromatic carbocycles. The van der Waals surface area contributed by atoms with Crippen LogP contribution in [0, 0.1) is 5.41 Å². The summed E-state index contributed by atoms with van der Waals surface area (Å²) in [5, 5.41) is 0. The molecule has 2 aliphatic rings. The maximum atomic E-state index is 12.1. The van der Waals surface area contributed by atoms with E-state index in [1.165, 1.54) is 0 Å². The molecule has 5 nitrogen and oxygen atoms in total. The predicted molar refractivity (Wildman–Crippen MR) is 68.1 cm³/mol. The molecule has 0 radical (unpaired) electrons. The summed E-state index contributed by atoms with van der Waals surface area (Å²) in [6, 6.07) is 0. The number of amides is 2. The minimum Gasteiger partial charge on any atom is -0.462 e. The van der Waals surface area contributed by atoms with Crippen LogP contribution < -0.4 is 0 Å². The molecule has 5 heteroatoms. The molecular formula is C14H21NO4. The Hall–Kier alpha value is -1.39. The van der Waals surface area contributed by atoms with E-state index in [1.54, 1.807) is 13.8 Å². The first-order chi connectivity index (χ1) is 8.92. The van der Waals surface area contributed by atoms with Crippen molar-refractivity contribution in [2.75, 3.05) is 6.54 Å². The molecule has 0 aromatic rings. The molecule has 0 aromatic heterocycles. The highest BCUT2D eigenvalue weighted by atomic mass is 16.5. The second-order valence-corrected chi connectivity index (χ2v) is 5.97. The first kappa shape index (κ1) is 14.0. The van der Waals surface area contributed by atoms with Crippen LogP contribution in [0.25, 0.3) is 0 Å². The van der Waals surface area contributed by atoms with Gasteiger partial charge < -0.3 is 4.74 Å². The van der Waals surface area contributed by atoms with Gasteiger partial charge in [-0.2, -0.15) is 0 Å². The molecule has 1 saturated carbocycles. The maximum absolute atomic E-state index is 12.1. The van der Waals surface area contributed by atoms with E-state index >= 15 is 0 Å². The SMILES string of the molecule is CC(C)OC(=O)CN1C(=O)CC2(CCCC2)CC1=O. The van der Waals surface area contributed by atoms with E-state index in [-0.39, 0.29) is 29.9 Å². The fraction of sp³-hybridized carbons (Fsp3) is 0.786. The molecule has 1 aliphatic heterocycles. The van der Waals surface area contributed by atoms with Crippen molar-refractivity contribution in [3.63, 3.8) is 0 Å². The summed E-state index contributed by atoms with van der Waals surface area (Å²) >= 11 is 0. The Bertz CT molecular complexity index is 376. The Kier molecular flexibility index (Phi) is 3.92. The number of likely N-dealkylation sites (tertiary alicyclic amines) is 1. The van der Waals surface area contributed by atoms with Crippen LogP contribution in [0.2, 0.25) is 0 Å². The number of carbonyl (C=O) groups is 3. The van der Waals surface area contributed by atoms with E-state index in [0.717, 1.165) is 30.6 Å². The summed E-state index contributed by atoms with van der Waals surface area (Å²) in [5.41, 5.74) is -0.118. The van der Waals surface area contributed by atoms with Gasteiger partial charge in [-0.3, -0.25) is 19.3 Å². The lowest BCUT2D eigenvalue weighted by atomic mass is 9.76. The van der Waals surface area contributed by atoms with Crippen molar-refractivity contribution >= 4 is 17.8 Å². The van der Waals surface area contributed by atoms with Crippen LogP contribution in [0.5, 0.6) is 0 Å². The highest BCUT2D eigenvalue weighted by Gasteiger charge is 2.45. The van der Waals surface area contributed by atoms with Crippen LogP contribution in [0.4, 0.5) is 0 Å². The number of rotatable bonds is 3. The van der Waals surface area contributed by atoms with Crippen LogP contribution in [-0.4, -0.2) is 35.3 Å². The van der Waals surface area contributed by atoms with Gasteiger partial charge >= 0.3 is 5.97 Å². The zero-order valence-electron chi connectivity index (χ0n) is 11.6. The molecular weight excluding hydrogens is 246 g/mol. The van der Waals surface area contributed by atoms with Gasteiger partial charge in [0.05, 0.1) is 6.10 Å². The van der Waals surface area contributed by atoms with Crippen molar-refractivity contribution in [1.82, 2.24) is 4.90 Å². The third kappa shape index (κ3) is 3.14. The van der Waals surface area contributed by atoms with E-state index in [4.69, 9.17) is 4.74 Å². The van der Waals surface area contributed by atoms with Crippen LogP contribution in [-0.2, 0) is 19.1 Å². The number of ether oxygens (including phenoxy) is 1. The maximum Gasteiger partial charge on any atom is 0.326 e. The fourth-order valence-electron chi connectivity index (χ4n) is 3.12. The molecule has 1 aliphatic carbocycles. The first-order valence-electron chi connectivity index (χ1n) is 6.95. The van der Waals surface area contributed by atoms with Gasteiger partial charge in [-0.15, -0.1) is 0 Å². The van der Waals surface area contributed by atoms with Crippen LogP contribution in [0.3, 0.4) is 0 Å². The second kappa shape index (κ2) is 5.31. The molecule has 1 spiro atoms. The minimum atomic E-state index is -0.515. The first-order valence-corrected chi connectivity index (χ1v) is 6.95. The molecule has 0 bridgehead atoms. The van der Waals surface area contributed by atoms with Crippen molar-refractivity contribution in [3.05, 3.63) is 0 Å². The monoisotopic (exact) mass is 267 g/mol. The van der Waals surface area contributed by atoms with Gasteiger partial charge in [0, 0.05) is 12.8 Å². The van der Waals surface area contributed by atoms with E-state index in [9.17, 15) is 14.4 Å². The molecule has 106 valence electrons. The molecule has 0 atom stereocenters. The Morgan fingerprint density at radius 3 is 2.21 bits per heavy atom. The lowest BCUT2D eigenvalue weighted by Crippen LogP contribution is -2.49. The molecule has 19 heavy (non-hydrogen) atoms. The summed E-state index contributed by atoms with van der Waals surface area (Å²) in [6.45, 7) is 3.24. The van der Waals surface area contributed by atoms with Crippen LogP contribution in [0.1, 0.15) is 52.4 Å². The number of hydrogen-bond donors (Lipinski definition) is 0. The van der Waals surface area contributed by atoms with Gasteiger partial charge in [0.1, 0.15) is 6.54 Å². The molecule has 1 heterocycles. The summed E-state index contributed by atoms with van der Waals surface area (Å²) in [6.07, 6.45) is 4.65. The summed E-state index contributed by atoms with van der Waals surface area (Å²) in [5.74, 6) is -0.961. The van der Waals surface area contributed by atoms with E-state index in [0.29, 0.717) is 12.8 Å². The number of carbonyl (C=O) groups excluding carboxylic acids is 3. The third-order valence-electron chi connectivity index (χ3n) is 3.97. The van der Waals surface area contributed by atoms with Gasteiger partial charge in [-0.1, -0.05) is 12.8 Å².